The van der Waals surface area contributed by atoms with Crippen LogP contribution in [0.4, 0.5) is 0 Å². The Kier molecular flexibility index (Phi) is 4.30. The molecule has 0 aromatic carbocycles. The fourth-order valence-electron chi connectivity index (χ4n) is 0.437. The first-order chi connectivity index (χ1) is 4.45. The summed E-state index contributed by atoms with van der Waals surface area (Å²) in [7, 11) is 0. The summed E-state index contributed by atoms with van der Waals surface area (Å²) in [5.41, 5.74) is -0.0275. The van der Waals surface area contributed by atoms with Gasteiger partial charge in [-0.15, -0.1) is 11.6 Å². The first-order valence-electron chi connectivity index (χ1n) is 3.65. The molecule has 0 aromatic heterocycles. The van der Waals surface area contributed by atoms with Crippen LogP contribution in [-0.4, -0.2) is 18.1 Å². The Morgan fingerprint density at radius 2 is 1.90 bits per heavy atom. The molecule has 1 atom stereocenters. The van der Waals surface area contributed by atoms with E-state index >= 15 is 0 Å². The van der Waals surface area contributed by atoms with E-state index in [-0.39, 0.29) is 5.60 Å². The maximum Gasteiger partial charge on any atom is 0.0598 e. The zero-order valence-corrected chi connectivity index (χ0v) is 8.03. The van der Waals surface area contributed by atoms with Gasteiger partial charge in [-0.05, 0) is 26.7 Å². The molecule has 0 unspecified atom stereocenters. The average molecular weight is 165 g/mol. The van der Waals surface area contributed by atoms with Crippen LogP contribution >= 0.6 is 11.6 Å². The standard InChI is InChI=1S/C8H17ClO/c1-7(5-9)6-10-8(2,3)4/h7H,5-6H2,1-4H3/t7-/m1/s1. The highest BCUT2D eigenvalue weighted by Gasteiger charge is 2.11. The molecule has 62 valence electrons. The molecule has 0 bridgehead atoms. The van der Waals surface area contributed by atoms with Gasteiger partial charge in [0, 0.05) is 5.88 Å². The molecule has 0 aliphatic carbocycles. The van der Waals surface area contributed by atoms with Crippen molar-refractivity contribution in [2.45, 2.75) is 33.3 Å². The number of ether oxygens (including phenoxy) is 1. The number of hydrogen-bond acceptors (Lipinski definition) is 1. The quantitative estimate of drug-likeness (QED) is 0.583. The Labute approximate surface area is 68.7 Å². The summed E-state index contributed by atoms with van der Waals surface area (Å²) in [6.07, 6.45) is 0. The maximum absolute atomic E-state index is 5.60. The molecular weight excluding hydrogens is 148 g/mol. The van der Waals surface area contributed by atoms with Gasteiger partial charge in [0.25, 0.3) is 0 Å². The molecule has 0 amide bonds. The number of rotatable bonds is 3. The number of hydrogen-bond donors (Lipinski definition) is 0. The van der Waals surface area contributed by atoms with E-state index in [1.54, 1.807) is 0 Å². The second-order valence-electron chi connectivity index (χ2n) is 3.68. The Balaban J connectivity index is 3.36. The van der Waals surface area contributed by atoms with E-state index in [4.69, 9.17) is 16.3 Å². The molecule has 0 aliphatic rings. The molecule has 0 rings (SSSR count). The fourth-order valence-corrected chi connectivity index (χ4v) is 0.526. The van der Waals surface area contributed by atoms with Crippen molar-refractivity contribution in [3.05, 3.63) is 0 Å². The van der Waals surface area contributed by atoms with E-state index in [1.165, 1.54) is 0 Å². The number of alkyl halides is 1. The Morgan fingerprint density at radius 3 is 2.20 bits per heavy atom. The van der Waals surface area contributed by atoms with Crippen molar-refractivity contribution in [2.24, 2.45) is 5.92 Å². The lowest BCUT2D eigenvalue weighted by atomic mass is 10.2. The van der Waals surface area contributed by atoms with Gasteiger partial charge in [0.15, 0.2) is 0 Å². The first-order valence-corrected chi connectivity index (χ1v) is 4.19. The van der Waals surface area contributed by atoms with Gasteiger partial charge in [-0.2, -0.15) is 0 Å². The van der Waals surface area contributed by atoms with Crippen molar-refractivity contribution in [3.8, 4) is 0 Å². The lowest BCUT2D eigenvalue weighted by molar-refractivity contribution is -0.0162. The molecule has 0 aromatic rings. The van der Waals surface area contributed by atoms with Crippen LogP contribution in [0.5, 0.6) is 0 Å². The van der Waals surface area contributed by atoms with E-state index < -0.39 is 0 Å². The molecule has 0 aliphatic heterocycles. The lowest BCUT2D eigenvalue weighted by Crippen LogP contribution is -2.23. The summed E-state index contributed by atoms with van der Waals surface area (Å²) in [6.45, 7) is 8.99. The third kappa shape index (κ3) is 6.37. The van der Waals surface area contributed by atoms with E-state index in [9.17, 15) is 0 Å². The zero-order chi connectivity index (χ0) is 8.20. The van der Waals surface area contributed by atoms with Crippen LogP contribution < -0.4 is 0 Å². The molecule has 0 spiro atoms. The minimum atomic E-state index is -0.0275. The highest BCUT2D eigenvalue weighted by atomic mass is 35.5. The van der Waals surface area contributed by atoms with E-state index in [2.05, 4.69) is 6.92 Å². The van der Waals surface area contributed by atoms with Gasteiger partial charge >= 0.3 is 0 Å². The molecule has 0 fully saturated rings. The SMILES string of the molecule is C[C@H](CCl)COC(C)(C)C. The summed E-state index contributed by atoms with van der Waals surface area (Å²) < 4.78 is 5.50. The van der Waals surface area contributed by atoms with Gasteiger partial charge < -0.3 is 4.74 Å². The minimum Gasteiger partial charge on any atom is -0.376 e. The Morgan fingerprint density at radius 1 is 1.40 bits per heavy atom. The molecule has 0 radical (unpaired) electrons. The van der Waals surface area contributed by atoms with Crippen LogP contribution in [0.2, 0.25) is 0 Å². The van der Waals surface area contributed by atoms with Gasteiger partial charge in [-0.1, -0.05) is 6.92 Å². The van der Waals surface area contributed by atoms with Crippen LogP contribution in [-0.2, 0) is 4.74 Å². The molecule has 0 saturated heterocycles. The summed E-state index contributed by atoms with van der Waals surface area (Å²) in [5, 5.41) is 0. The topological polar surface area (TPSA) is 9.23 Å². The monoisotopic (exact) mass is 164 g/mol. The van der Waals surface area contributed by atoms with Gasteiger partial charge in [-0.25, -0.2) is 0 Å². The molecule has 2 heteroatoms. The predicted octanol–water partition coefficient (Wildman–Crippen LogP) is 2.68. The highest BCUT2D eigenvalue weighted by molar-refractivity contribution is 6.18. The van der Waals surface area contributed by atoms with E-state index in [0.29, 0.717) is 11.8 Å². The van der Waals surface area contributed by atoms with Gasteiger partial charge in [0.1, 0.15) is 0 Å². The first kappa shape index (κ1) is 10.2. The third-order valence-corrected chi connectivity index (χ3v) is 1.59. The van der Waals surface area contributed by atoms with Crippen molar-refractivity contribution in [2.75, 3.05) is 12.5 Å². The fraction of sp³-hybridized carbons (Fsp3) is 1.00. The van der Waals surface area contributed by atoms with Gasteiger partial charge in [0.05, 0.1) is 12.2 Å². The molecule has 1 nitrogen and oxygen atoms in total. The predicted molar refractivity (Wildman–Crippen MR) is 45.6 cm³/mol. The molecule has 0 N–H and O–H groups in total. The van der Waals surface area contributed by atoms with Crippen LogP contribution in [0.3, 0.4) is 0 Å². The van der Waals surface area contributed by atoms with Crippen molar-refractivity contribution >= 4 is 11.6 Å². The van der Waals surface area contributed by atoms with Crippen molar-refractivity contribution in [3.63, 3.8) is 0 Å². The van der Waals surface area contributed by atoms with E-state index in [0.717, 1.165) is 6.61 Å². The zero-order valence-electron chi connectivity index (χ0n) is 7.28. The smallest absolute Gasteiger partial charge is 0.0598 e. The summed E-state index contributed by atoms with van der Waals surface area (Å²) >= 11 is 5.60. The van der Waals surface area contributed by atoms with Crippen LogP contribution in [0.1, 0.15) is 27.7 Å². The largest absolute Gasteiger partial charge is 0.376 e. The molecular formula is C8H17ClO. The highest BCUT2D eigenvalue weighted by Crippen LogP contribution is 2.09. The molecule has 10 heavy (non-hydrogen) atoms. The lowest BCUT2D eigenvalue weighted by Gasteiger charge is -2.21. The molecule has 0 heterocycles. The normalized spacial score (nSPS) is 15.3. The molecule has 0 saturated carbocycles. The van der Waals surface area contributed by atoms with Crippen molar-refractivity contribution in [1.82, 2.24) is 0 Å². The van der Waals surface area contributed by atoms with Crippen LogP contribution in [0.25, 0.3) is 0 Å². The van der Waals surface area contributed by atoms with Crippen molar-refractivity contribution in [1.29, 1.82) is 0 Å². The van der Waals surface area contributed by atoms with Gasteiger partial charge in [-0.3, -0.25) is 0 Å². The second kappa shape index (κ2) is 4.20. The maximum atomic E-state index is 5.60. The van der Waals surface area contributed by atoms with Crippen LogP contribution in [0.15, 0.2) is 0 Å². The number of halogens is 1. The van der Waals surface area contributed by atoms with Crippen LogP contribution in [0, 0.1) is 5.92 Å². The Hall–Kier alpha value is 0.250. The summed E-state index contributed by atoms with van der Waals surface area (Å²) in [6, 6.07) is 0. The Bertz CT molecular complexity index is 85.7. The van der Waals surface area contributed by atoms with E-state index in [1.807, 2.05) is 20.8 Å². The minimum absolute atomic E-state index is 0.0275. The third-order valence-electron chi connectivity index (χ3n) is 1.06. The summed E-state index contributed by atoms with van der Waals surface area (Å²) in [5.74, 6) is 1.14. The van der Waals surface area contributed by atoms with Gasteiger partial charge in [0.2, 0.25) is 0 Å². The summed E-state index contributed by atoms with van der Waals surface area (Å²) in [4.78, 5) is 0. The average Bonchev–Trinajstić information content (AvgIpc) is 1.81. The second-order valence-corrected chi connectivity index (χ2v) is 3.99. The van der Waals surface area contributed by atoms with Crippen molar-refractivity contribution < 1.29 is 4.74 Å².